The minimum Gasteiger partial charge on any atom is -0.496 e. The molecule has 1 unspecified atom stereocenters. The van der Waals surface area contributed by atoms with E-state index in [1.807, 2.05) is 12.1 Å². The summed E-state index contributed by atoms with van der Waals surface area (Å²) in [7, 11) is 1.54. The van der Waals surface area contributed by atoms with E-state index in [0.29, 0.717) is 17.9 Å². The summed E-state index contributed by atoms with van der Waals surface area (Å²) in [6.07, 6.45) is 2.35. The van der Waals surface area contributed by atoms with E-state index in [-0.39, 0.29) is 11.9 Å². The highest BCUT2D eigenvalue weighted by Crippen LogP contribution is 2.20. The van der Waals surface area contributed by atoms with Crippen molar-refractivity contribution in [3.8, 4) is 5.75 Å². The van der Waals surface area contributed by atoms with E-state index in [0.717, 1.165) is 18.4 Å². The third-order valence-corrected chi connectivity index (χ3v) is 2.88. The molecule has 0 amide bonds. The Hall–Kier alpha value is -1.75. The van der Waals surface area contributed by atoms with E-state index in [1.165, 1.54) is 0 Å². The molecule has 19 heavy (non-hydrogen) atoms. The summed E-state index contributed by atoms with van der Waals surface area (Å²) in [5, 5.41) is 11.8. The van der Waals surface area contributed by atoms with Crippen LogP contribution in [0.2, 0.25) is 0 Å². The molecule has 0 radical (unpaired) electrons. The summed E-state index contributed by atoms with van der Waals surface area (Å²) in [4.78, 5) is 0. The first-order valence-electron chi connectivity index (χ1n) is 6.38. The molecule has 5 heteroatoms. The first-order valence-corrected chi connectivity index (χ1v) is 6.38. The Morgan fingerprint density at radius 3 is 2.79 bits per heavy atom. The Bertz CT molecular complexity index is 433. The maximum Gasteiger partial charge on any atom is 0.173 e. The molecule has 0 aromatic heterocycles. The minimum atomic E-state index is 0.0281. The van der Waals surface area contributed by atoms with Crippen LogP contribution in [0.4, 0.5) is 0 Å². The van der Waals surface area contributed by atoms with E-state index in [2.05, 4.69) is 19.0 Å². The number of nitrogens with zero attached hydrogens (tertiary/aromatic N) is 1. The first kappa shape index (κ1) is 15.3. The van der Waals surface area contributed by atoms with E-state index >= 15 is 0 Å². The highest BCUT2D eigenvalue weighted by Gasteiger charge is 2.10. The second-order valence-electron chi connectivity index (χ2n) is 4.43. The molecular weight excluding hydrogens is 244 g/mol. The van der Waals surface area contributed by atoms with Gasteiger partial charge in [0, 0.05) is 0 Å². The van der Waals surface area contributed by atoms with Crippen LogP contribution in [0.25, 0.3) is 0 Å². The van der Waals surface area contributed by atoms with Gasteiger partial charge in [-0.25, -0.2) is 0 Å². The molecule has 0 bridgehead atoms. The van der Waals surface area contributed by atoms with Crippen LogP contribution in [-0.2, 0) is 11.3 Å². The maximum absolute atomic E-state index is 8.76. The average Bonchev–Trinajstić information content (AvgIpc) is 2.44. The molecule has 1 rings (SSSR count). The second-order valence-corrected chi connectivity index (χ2v) is 4.43. The third-order valence-electron chi connectivity index (χ3n) is 2.88. The Balaban J connectivity index is 2.81. The molecule has 0 saturated carbocycles. The van der Waals surface area contributed by atoms with Crippen LogP contribution in [0.1, 0.15) is 37.8 Å². The summed E-state index contributed by atoms with van der Waals surface area (Å²) in [6.45, 7) is 4.68. The fraction of sp³-hybridized carbons (Fsp3) is 0.500. The molecule has 0 fully saturated rings. The lowest BCUT2D eigenvalue weighted by Crippen LogP contribution is -2.15. The number of ether oxygens (including phenoxy) is 2. The Kier molecular flexibility index (Phi) is 6.15. The number of amidine groups is 1. The maximum atomic E-state index is 8.76. The zero-order valence-electron chi connectivity index (χ0n) is 11.7. The fourth-order valence-electron chi connectivity index (χ4n) is 1.83. The van der Waals surface area contributed by atoms with Crippen molar-refractivity contribution in [3.05, 3.63) is 29.3 Å². The average molecular weight is 266 g/mol. The van der Waals surface area contributed by atoms with Gasteiger partial charge in [-0.05, 0) is 31.0 Å². The molecular formula is C14H22N2O3. The van der Waals surface area contributed by atoms with Crippen molar-refractivity contribution in [3.63, 3.8) is 0 Å². The summed E-state index contributed by atoms with van der Waals surface area (Å²) < 4.78 is 10.9. The van der Waals surface area contributed by atoms with Gasteiger partial charge in [-0.3, -0.25) is 0 Å². The lowest BCUT2D eigenvalue weighted by molar-refractivity contribution is 0.0471. The highest BCUT2D eigenvalue weighted by atomic mass is 16.5. The third kappa shape index (κ3) is 4.44. The van der Waals surface area contributed by atoms with Crippen molar-refractivity contribution >= 4 is 5.84 Å². The predicted molar refractivity (Wildman–Crippen MR) is 74.7 cm³/mol. The number of methoxy groups -OCH3 is 1. The van der Waals surface area contributed by atoms with Crippen LogP contribution < -0.4 is 10.5 Å². The molecule has 3 N–H and O–H groups in total. The fourth-order valence-corrected chi connectivity index (χ4v) is 1.83. The first-order chi connectivity index (χ1) is 9.12. The van der Waals surface area contributed by atoms with Crippen molar-refractivity contribution in [2.45, 2.75) is 39.4 Å². The molecule has 0 aliphatic heterocycles. The quantitative estimate of drug-likeness (QED) is 0.344. The Morgan fingerprint density at radius 2 is 2.21 bits per heavy atom. The zero-order valence-corrected chi connectivity index (χ0v) is 11.7. The second kappa shape index (κ2) is 7.63. The van der Waals surface area contributed by atoms with Crippen molar-refractivity contribution in [1.29, 1.82) is 0 Å². The van der Waals surface area contributed by atoms with Gasteiger partial charge in [0.25, 0.3) is 0 Å². The molecule has 106 valence electrons. The molecule has 0 aliphatic rings. The molecule has 1 atom stereocenters. The van der Waals surface area contributed by atoms with E-state index in [4.69, 9.17) is 20.4 Å². The van der Waals surface area contributed by atoms with Crippen LogP contribution in [0.15, 0.2) is 23.4 Å². The summed E-state index contributed by atoms with van der Waals surface area (Å²) in [5.41, 5.74) is 7.15. The number of oxime groups is 1. The van der Waals surface area contributed by atoms with Gasteiger partial charge in [0.2, 0.25) is 0 Å². The Labute approximate surface area is 114 Å². The largest absolute Gasteiger partial charge is 0.496 e. The van der Waals surface area contributed by atoms with E-state index in [1.54, 1.807) is 13.2 Å². The molecule has 1 aromatic rings. The molecule has 0 aliphatic carbocycles. The van der Waals surface area contributed by atoms with Gasteiger partial charge >= 0.3 is 0 Å². The normalized spacial score (nSPS) is 13.3. The summed E-state index contributed by atoms with van der Waals surface area (Å²) in [5.74, 6) is 0.598. The van der Waals surface area contributed by atoms with Crippen molar-refractivity contribution in [1.82, 2.24) is 0 Å². The Morgan fingerprint density at radius 1 is 1.47 bits per heavy atom. The van der Waals surface area contributed by atoms with Gasteiger partial charge in [0.15, 0.2) is 5.84 Å². The smallest absolute Gasteiger partial charge is 0.173 e. The van der Waals surface area contributed by atoms with E-state index in [9.17, 15) is 0 Å². The number of hydrogen-bond donors (Lipinski definition) is 2. The number of benzene rings is 1. The van der Waals surface area contributed by atoms with Gasteiger partial charge in [0.05, 0.1) is 25.4 Å². The van der Waals surface area contributed by atoms with Gasteiger partial charge in [-0.2, -0.15) is 0 Å². The monoisotopic (exact) mass is 266 g/mol. The van der Waals surface area contributed by atoms with Crippen LogP contribution in [0.5, 0.6) is 5.75 Å². The number of hydrogen-bond acceptors (Lipinski definition) is 4. The van der Waals surface area contributed by atoms with Gasteiger partial charge in [0.1, 0.15) is 5.75 Å². The number of rotatable bonds is 7. The van der Waals surface area contributed by atoms with Crippen LogP contribution in [0.3, 0.4) is 0 Å². The molecule has 0 heterocycles. The van der Waals surface area contributed by atoms with Gasteiger partial charge in [-0.1, -0.05) is 24.6 Å². The standard InChI is InChI=1S/C14H22N2O3/c1-4-5-10(2)19-9-11-6-7-13(18-3)12(8-11)14(15)16-17/h6-8,10,17H,4-5,9H2,1-3H3,(H2,15,16). The van der Waals surface area contributed by atoms with Crippen molar-refractivity contribution < 1.29 is 14.7 Å². The molecule has 1 aromatic carbocycles. The van der Waals surface area contributed by atoms with Crippen LogP contribution in [-0.4, -0.2) is 24.3 Å². The summed E-state index contributed by atoms with van der Waals surface area (Å²) >= 11 is 0. The topological polar surface area (TPSA) is 77.1 Å². The van der Waals surface area contributed by atoms with Crippen molar-refractivity contribution in [2.75, 3.05) is 7.11 Å². The SMILES string of the molecule is CCCC(C)OCc1ccc(OC)c(/C(N)=N/O)c1. The van der Waals surface area contributed by atoms with E-state index < -0.39 is 0 Å². The number of nitrogens with two attached hydrogens (primary N) is 1. The molecule has 0 saturated heterocycles. The summed E-state index contributed by atoms with van der Waals surface area (Å²) in [6, 6.07) is 5.51. The van der Waals surface area contributed by atoms with Gasteiger partial charge < -0.3 is 20.4 Å². The zero-order chi connectivity index (χ0) is 14.3. The lowest BCUT2D eigenvalue weighted by atomic mass is 10.1. The van der Waals surface area contributed by atoms with Crippen molar-refractivity contribution in [2.24, 2.45) is 10.9 Å². The van der Waals surface area contributed by atoms with Crippen LogP contribution in [0, 0.1) is 0 Å². The minimum absolute atomic E-state index is 0.0281. The lowest BCUT2D eigenvalue weighted by Gasteiger charge is -2.13. The molecule has 5 nitrogen and oxygen atoms in total. The highest BCUT2D eigenvalue weighted by molar-refractivity contribution is 5.99. The predicted octanol–water partition coefficient (Wildman–Crippen LogP) is 2.49. The molecule has 0 spiro atoms. The van der Waals surface area contributed by atoms with Gasteiger partial charge in [-0.15, -0.1) is 0 Å². The van der Waals surface area contributed by atoms with Crippen LogP contribution >= 0.6 is 0 Å².